The van der Waals surface area contributed by atoms with Gasteiger partial charge in [0.2, 0.25) is 10.0 Å². The van der Waals surface area contributed by atoms with Crippen molar-refractivity contribution < 1.29 is 18.0 Å². The summed E-state index contributed by atoms with van der Waals surface area (Å²) in [7, 11) is -3.87. The van der Waals surface area contributed by atoms with Crippen molar-refractivity contribution in [2.24, 2.45) is 0 Å². The van der Waals surface area contributed by atoms with Gasteiger partial charge in [-0.3, -0.25) is 20.4 Å². The van der Waals surface area contributed by atoms with Crippen LogP contribution in [0.4, 0.5) is 0 Å². The van der Waals surface area contributed by atoms with Crippen LogP contribution in [0, 0.1) is 0 Å². The highest BCUT2D eigenvalue weighted by atomic mass is 32.2. The molecule has 1 atom stereocenters. The summed E-state index contributed by atoms with van der Waals surface area (Å²) in [6.07, 6.45) is 0. The van der Waals surface area contributed by atoms with E-state index in [1.54, 1.807) is 29.6 Å². The molecule has 7 nitrogen and oxygen atoms in total. The SMILES string of the molecule is CC(NS(=O)(=O)c1ccc(C(C)(C)C)cc1)C(=O)NNC(=O)c1cccs1. The van der Waals surface area contributed by atoms with Crippen LogP contribution < -0.4 is 15.6 Å². The van der Waals surface area contributed by atoms with Gasteiger partial charge >= 0.3 is 0 Å². The van der Waals surface area contributed by atoms with Gasteiger partial charge in [-0.05, 0) is 41.5 Å². The lowest BCUT2D eigenvalue weighted by Crippen LogP contribution is -2.50. The number of nitrogens with one attached hydrogen (secondary N) is 3. The van der Waals surface area contributed by atoms with Gasteiger partial charge in [0.15, 0.2) is 0 Å². The minimum absolute atomic E-state index is 0.0674. The van der Waals surface area contributed by atoms with Crippen LogP contribution in [-0.2, 0) is 20.2 Å². The summed E-state index contributed by atoms with van der Waals surface area (Å²) >= 11 is 1.23. The molecule has 2 amide bonds. The highest BCUT2D eigenvalue weighted by Gasteiger charge is 2.23. The van der Waals surface area contributed by atoms with Gasteiger partial charge in [-0.1, -0.05) is 39.0 Å². The molecule has 1 aromatic carbocycles. The first-order valence-corrected chi connectivity index (χ1v) is 10.6. The first-order valence-electron chi connectivity index (χ1n) is 8.27. The quantitative estimate of drug-likeness (QED) is 0.658. The Morgan fingerprint density at radius 1 is 1.04 bits per heavy atom. The molecule has 0 aliphatic carbocycles. The van der Waals surface area contributed by atoms with Gasteiger partial charge in [0.1, 0.15) is 0 Å². The maximum Gasteiger partial charge on any atom is 0.279 e. The second-order valence-electron chi connectivity index (χ2n) is 7.04. The molecule has 27 heavy (non-hydrogen) atoms. The van der Waals surface area contributed by atoms with Crippen molar-refractivity contribution in [2.75, 3.05) is 0 Å². The van der Waals surface area contributed by atoms with Crippen molar-refractivity contribution in [1.29, 1.82) is 0 Å². The highest BCUT2D eigenvalue weighted by molar-refractivity contribution is 7.89. The van der Waals surface area contributed by atoms with Gasteiger partial charge in [-0.15, -0.1) is 11.3 Å². The molecule has 1 aromatic heterocycles. The van der Waals surface area contributed by atoms with Crippen molar-refractivity contribution in [3.63, 3.8) is 0 Å². The zero-order chi connectivity index (χ0) is 20.2. The summed E-state index contributed by atoms with van der Waals surface area (Å²) in [6.45, 7) is 7.50. The molecule has 0 radical (unpaired) electrons. The number of hydrazine groups is 1. The van der Waals surface area contributed by atoms with Crippen molar-refractivity contribution >= 4 is 33.2 Å². The van der Waals surface area contributed by atoms with E-state index in [1.165, 1.54) is 30.4 Å². The Balaban J connectivity index is 1.97. The summed E-state index contributed by atoms with van der Waals surface area (Å²) in [5, 5.41) is 1.73. The monoisotopic (exact) mass is 409 g/mol. The maximum atomic E-state index is 12.5. The molecule has 0 spiro atoms. The van der Waals surface area contributed by atoms with Gasteiger partial charge in [-0.25, -0.2) is 8.42 Å². The number of sulfonamides is 1. The van der Waals surface area contributed by atoms with E-state index in [1.807, 2.05) is 20.8 Å². The lowest BCUT2D eigenvalue weighted by Gasteiger charge is -2.19. The van der Waals surface area contributed by atoms with E-state index in [2.05, 4.69) is 15.6 Å². The molecule has 1 unspecified atom stereocenters. The zero-order valence-electron chi connectivity index (χ0n) is 15.6. The van der Waals surface area contributed by atoms with E-state index in [0.29, 0.717) is 4.88 Å². The molecule has 0 saturated heterocycles. The standard InChI is InChI=1S/C18H23N3O4S2/c1-12(16(22)19-20-17(23)15-6-5-11-26-15)21-27(24,25)14-9-7-13(8-10-14)18(2,3)4/h5-12,21H,1-4H3,(H,19,22)(H,20,23). The Hall–Kier alpha value is -2.23. The van der Waals surface area contributed by atoms with Crippen LogP contribution in [0.3, 0.4) is 0 Å². The predicted octanol–water partition coefficient (Wildman–Crippen LogP) is 2.17. The summed E-state index contributed by atoms with van der Waals surface area (Å²) in [6, 6.07) is 8.77. The third-order valence-electron chi connectivity index (χ3n) is 3.80. The van der Waals surface area contributed by atoms with Gasteiger partial charge in [0.25, 0.3) is 11.8 Å². The molecule has 0 bridgehead atoms. The van der Waals surface area contributed by atoms with Crippen molar-refractivity contribution in [3.8, 4) is 0 Å². The van der Waals surface area contributed by atoms with Gasteiger partial charge in [-0.2, -0.15) is 4.72 Å². The second-order valence-corrected chi connectivity index (χ2v) is 9.70. The fraction of sp³-hybridized carbons (Fsp3) is 0.333. The van der Waals surface area contributed by atoms with Crippen LogP contribution in [0.15, 0.2) is 46.7 Å². The van der Waals surface area contributed by atoms with Crippen LogP contribution in [0.2, 0.25) is 0 Å². The first kappa shape index (κ1) is 21.1. The Kier molecular flexibility index (Phi) is 6.40. The second kappa shape index (κ2) is 8.20. The molecule has 2 aromatic rings. The largest absolute Gasteiger partial charge is 0.279 e. The predicted molar refractivity (Wildman–Crippen MR) is 105 cm³/mol. The summed E-state index contributed by atoms with van der Waals surface area (Å²) in [5.74, 6) is -1.14. The number of amides is 2. The van der Waals surface area contributed by atoms with Crippen LogP contribution in [0.25, 0.3) is 0 Å². The van der Waals surface area contributed by atoms with Crippen molar-refractivity contribution in [1.82, 2.24) is 15.6 Å². The molecule has 0 aliphatic heterocycles. The lowest BCUT2D eigenvalue weighted by atomic mass is 9.87. The Morgan fingerprint density at radius 3 is 2.19 bits per heavy atom. The summed E-state index contributed by atoms with van der Waals surface area (Å²) in [5.41, 5.74) is 5.38. The van der Waals surface area contributed by atoms with E-state index in [-0.39, 0.29) is 10.3 Å². The number of carbonyl (C=O) groups is 2. The molecule has 0 saturated carbocycles. The molecular formula is C18H23N3O4S2. The fourth-order valence-corrected chi connectivity index (χ4v) is 4.01. The minimum Gasteiger partial charge on any atom is -0.271 e. The van der Waals surface area contributed by atoms with Crippen molar-refractivity contribution in [3.05, 3.63) is 52.2 Å². The summed E-state index contributed by atoms with van der Waals surface area (Å²) in [4.78, 5) is 24.4. The third kappa shape index (κ3) is 5.62. The van der Waals surface area contributed by atoms with E-state index >= 15 is 0 Å². The molecule has 2 rings (SSSR count). The molecule has 0 fully saturated rings. The highest BCUT2D eigenvalue weighted by Crippen LogP contribution is 2.23. The van der Waals surface area contributed by atoms with Crippen LogP contribution in [0.5, 0.6) is 0 Å². The third-order valence-corrected chi connectivity index (χ3v) is 6.23. The maximum absolute atomic E-state index is 12.5. The minimum atomic E-state index is -3.87. The van der Waals surface area contributed by atoms with Crippen molar-refractivity contribution in [2.45, 2.75) is 44.0 Å². The lowest BCUT2D eigenvalue weighted by molar-refractivity contribution is -0.123. The molecule has 3 N–H and O–H groups in total. The molecule has 9 heteroatoms. The van der Waals surface area contributed by atoms with E-state index in [4.69, 9.17) is 0 Å². The number of benzene rings is 1. The van der Waals surface area contributed by atoms with Crippen LogP contribution >= 0.6 is 11.3 Å². The number of rotatable bonds is 5. The van der Waals surface area contributed by atoms with Gasteiger partial charge in [0, 0.05) is 0 Å². The van der Waals surface area contributed by atoms with Gasteiger partial charge < -0.3 is 0 Å². The summed E-state index contributed by atoms with van der Waals surface area (Å²) < 4.78 is 27.2. The fourth-order valence-electron chi connectivity index (χ4n) is 2.18. The Morgan fingerprint density at radius 2 is 1.67 bits per heavy atom. The molecule has 1 heterocycles. The Bertz CT molecular complexity index is 899. The number of hydrogen-bond donors (Lipinski definition) is 3. The molecule has 0 aliphatic rings. The van der Waals surface area contributed by atoms with Gasteiger partial charge in [0.05, 0.1) is 15.8 Å². The molecule has 146 valence electrons. The Labute approximate surface area is 163 Å². The topological polar surface area (TPSA) is 104 Å². The smallest absolute Gasteiger partial charge is 0.271 e. The number of thiophene rings is 1. The van der Waals surface area contributed by atoms with Crippen LogP contribution in [0.1, 0.15) is 42.9 Å². The number of hydrogen-bond acceptors (Lipinski definition) is 5. The van der Waals surface area contributed by atoms with Crippen LogP contribution in [-0.4, -0.2) is 26.3 Å². The normalized spacial score (nSPS) is 13.0. The zero-order valence-corrected chi connectivity index (χ0v) is 17.2. The van der Waals surface area contributed by atoms with E-state index < -0.39 is 27.9 Å². The number of carbonyl (C=O) groups excluding carboxylic acids is 2. The van der Waals surface area contributed by atoms with E-state index in [9.17, 15) is 18.0 Å². The molecular weight excluding hydrogens is 386 g/mol. The average molecular weight is 410 g/mol. The first-order chi connectivity index (χ1) is 12.5. The average Bonchev–Trinajstić information content (AvgIpc) is 3.13. The van der Waals surface area contributed by atoms with E-state index in [0.717, 1.165) is 5.56 Å².